The Hall–Kier alpha value is -1.46. The van der Waals surface area contributed by atoms with Crippen LogP contribution >= 0.6 is 0 Å². The molecule has 104 valence electrons. The van der Waals surface area contributed by atoms with Gasteiger partial charge >= 0.3 is 5.97 Å². The van der Waals surface area contributed by atoms with Gasteiger partial charge in [-0.3, -0.25) is 9.59 Å². The van der Waals surface area contributed by atoms with Crippen molar-refractivity contribution in [1.29, 1.82) is 0 Å². The number of hydrogen-bond acceptors (Lipinski definition) is 5. The molecule has 0 aromatic carbocycles. The van der Waals surface area contributed by atoms with Crippen LogP contribution in [0.3, 0.4) is 0 Å². The summed E-state index contributed by atoms with van der Waals surface area (Å²) in [5.74, 6) is -0.773. The van der Waals surface area contributed by atoms with Crippen molar-refractivity contribution in [2.45, 2.75) is 12.8 Å². The average Bonchev–Trinajstić information content (AvgIpc) is 2.65. The lowest BCUT2D eigenvalue weighted by molar-refractivity contribution is -0.155. The first kappa shape index (κ1) is 14.0. The van der Waals surface area contributed by atoms with Gasteiger partial charge in [0, 0.05) is 12.5 Å². The van der Waals surface area contributed by atoms with Crippen LogP contribution in [0.2, 0.25) is 0 Å². The molecule has 0 radical (unpaired) electrons. The summed E-state index contributed by atoms with van der Waals surface area (Å²) in [5.41, 5.74) is -0.979. The quantitative estimate of drug-likeness (QED) is 0.246. The Labute approximate surface area is 112 Å². The number of methoxy groups -OCH3 is 2. The standard InChI is InChI=1S/C14H18O5/c1-10-6-13(8-19-9-17-2)5-4-11(15)14(10,7-13)12(16)18-3/h4-5H,1,6-9H2,2-3H3/t13-,14-/m1/s1. The third kappa shape index (κ3) is 2.03. The molecule has 1 saturated carbocycles. The van der Waals surface area contributed by atoms with Crippen molar-refractivity contribution in [1.82, 2.24) is 0 Å². The van der Waals surface area contributed by atoms with Gasteiger partial charge in [0.15, 0.2) is 11.2 Å². The van der Waals surface area contributed by atoms with Crippen LogP contribution in [0.15, 0.2) is 24.3 Å². The van der Waals surface area contributed by atoms with Gasteiger partial charge in [-0.1, -0.05) is 18.2 Å². The van der Waals surface area contributed by atoms with Crippen LogP contribution in [0.25, 0.3) is 0 Å². The van der Waals surface area contributed by atoms with Crippen LogP contribution in [0.4, 0.5) is 0 Å². The summed E-state index contributed by atoms with van der Waals surface area (Å²) < 4.78 is 15.1. The van der Waals surface area contributed by atoms with Crippen molar-refractivity contribution in [2.75, 3.05) is 27.6 Å². The molecule has 1 fully saturated rings. The molecule has 0 aromatic rings. The molecule has 0 N–H and O–H groups in total. The molecule has 2 atom stereocenters. The van der Waals surface area contributed by atoms with E-state index in [0.29, 0.717) is 25.0 Å². The van der Waals surface area contributed by atoms with E-state index in [9.17, 15) is 9.59 Å². The Morgan fingerprint density at radius 3 is 2.84 bits per heavy atom. The van der Waals surface area contributed by atoms with E-state index in [1.165, 1.54) is 13.2 Å². The van der Waals surface area contributed by atoms with E-state index in [1.54, 1.807) is 7.11 Å². The van der Waals surface area contributed by atoms with E-state index in [1.807, 2.05) is 6.08 Å². The van der Waals surface area contributed by atoms with Crippen LogP contribution in [-0.2, 0) is 23.8 Å². The maximum Gasteiger partial charge on any atom is 0.323 e. The van der Waals surface area contributed by atoms with E-state index >= 15 is 0 Å². The highest BCUT2D eigenvalue weighted by Crippen LogP contribution is 2.57. The molecule has 0 amide bonds. The number of carbonyl (C=O) groups excluding carboxylic acids is 2. The number of rotatable bonds is 5. The number of fused-ring (bicyclic) bond motifs is 2. The van der Waals surface area contributed by atoms with Gasteiger partial charge < -0.3 is 14.2 Å². The molecule has 5 nitrogen and oxygen atoms in total. The lowest BCUT2D eigenvalue weighted by Gasteiger charge is -2.32. The Bertz CT molecular complexity index is 453. The molecule has 0 aromatic heterocycles. The van der Waals surface area contributed by atoms with Crippen LogP contribution in [-0.4, -0.2) is 39.4 Å². The van der Waals surface area contributed by atoms with Gasteiger partial charge in [0.1, 0.15) is 6.79 Å². The zero-order valence-corrected chi connectivity index (χ0v) is 11.2. The molecule has 5 heteroatoms. The molecule has 2 rings (SSSR count). The summed E-state index contributed by atoms with van der Waals surface area (Å²) in [5, 5.41) is 0. The fourth-order valence-corrected chi connectivity index (χ4v) is 3.04. The second-order valence-electron chi connectivity index (χ2n) is 5.17. The molecule has 0 aliphatic heterocycles. The molecular formula is C14H18O5. The van der Waals surface area contributed by atoms with Crippen molar-refractivity contribution in [3.05, 3.63) is 24.3 Å². The van der Waals surface area contributed by atoms with Crippen LogP contribution in [0.1, 0.15) is 12.8 Å². The molecule has 19 heavy (non-hydrogen) atoms. The van der Waals surface area contributed by atoms with Crippen molar-refractivity contribution in [3.63, 3.8) is 0 Å². The fourth-order valence-electron chi connectivity index (χ4n) is 3.04. The number of hydrogen-bond donors (Lipinski definition) is 0. The molecular weight excluding hydrogens is 248 g/mol. The predicted octanol–water partition coefficient (Wildman–Crippen LogP) is 1.24. The third-order valence-electron chi connectivity index (χ3n) is 3.92. The van der Waals surface area contributed by atoms with E-state index in [4.69, 9.17) is 14.2 Å². The van der Waals surface area contributed by atoms with Crippen molar-refractivity contribution in [2.24, 2.45) is 10.8 Å². The number of ether oxygens (including phenoxy) is 3. The van der Waals surface area contributed by atoms with Gasteiger partial charge in [-0.15, -0.1) is 0 Å². The fraction of sp³-hybridized carbons (Fsp3) is 0.571. The van der Waals surface area contributed by atoms with Crippen LogP contribution in [0, 0.1) is 10.8 Å². The van der Waals surface area contributed by atoms with Gasteiger partial charge in [-0.05, 0) is 18.9 Å². The maximum absolute atomic E-state index is 12.1. The van der Waals surface area contributed by atoms with E-state index in [2.05, 4.69) is 6.58 Å². The minimum atomic E-state index is -1.22. The van der Waals surface area contributed by atoms with E-state index < -0.39 is 11.4 Å². The lowest BCUT2D eigenvalue weighted by atomic mass is 9.72. The van der Waals surface area contributed by atoms with Crippen molar-refractivity contribution in [3.8, 4) is 0 Å². The van der Waals surface area contributed by atoms with Gasteiger partial charge in [-0.2, -0.15) is 0 Å². The normalized spacial score (nSPS) is 32.7. The molecule has 2 aliphatic rings. The molecule has 0 heterocycles. The SMILES string of the molecule is C=C1C[C@]2(COCOC)C=CC(=O)[C@@]1(C(=O)OC)C2. The van der Waals surface area contributed by atoms with Gasteiger partial charge in [0.05, 0.1) is 13.7 Å². The molecule has 0 unspecified atom stereocenters. The average molecular weight is 266 g/mol. The highest BCUT2D eigenvalue weighted by Gasteiger charge is 2.60. The van der Waals surface area contributed by atoms with Gasteiger partial charge in [0.2, 0.25) is 0 Å². The van der Waals surface area contributed by atoms with Crippen molar-refractivity contribution >= 4 is 11.8 Å². The smallest absolute Gasteiger partial charge is 0.323 e. The number of esters is 1. The monoisotopic (exact) mass is 266 g/mol. The minimum absolute atomic E-state index is 0.182. The third-order valence-corrected chi connectivity index (χ3v) is 3.92. The van der Waals surface area contributed by atoms with Crippen LogP contribution in [0.5, 0.6) is 0 Å². The summed E-state index contributed by atoms with van der Waals surface area (Å²) in [4.78, 5) is 24.2. The summed E-state index contributed by atoms with van der Waals surface area (Å²) >= 11 is 0. The Morgan fingerprint density at radius 1 is 1.47 bits per heavy atom. The summed E-state index contributed by atoms with van der Waals surface area (Å²) in [7, 11) is 2.83. The Balaban J connectivity index is 2.29. The topological polar surface area (TPSA) is 61.8 Å². The largest absolute Gasteiger partial charge is 0.468 e. The molecule has 0 saturated heterocycles. The maximum atomic E-state index is 12.1. The van der Waals surface area contributed by atoms with Gasteiger partial charge in [-0.25, -0.2) is 0 Å². The lowest BCUT2D eigenvalue weighted by Crippen LogP contribution is -2.42. The molecule has 0 spiro atoms. The number of allylic oxidation sites excluding steroid dienone is 1. The summed E-state index contributed by atoms with van der Waals surface area (Å²) in [6.45, 7) is 4.49. The van der Waals surface area contributed by atoms with E-state index in [0.717, 1.165) is 0 Å². The Morgan fingerprint density at radius 2 is 2.21 bits per heavy atom. The minimum Gasteiger partial charge on any atom is -0.468 e. The highest BCUT2D eigenvalue weighted by atomic mass is 16.7. The summed E-state index contributed by atoms with van der Waals surface area (Å²) in [6, 6.07) is 0. The van der Waals surface area contributed by atoms with Crippen LogP contribution < -0.4 is 0 Å². The number of ketones is 1. The Kier molecular flexibility index (Phi) is 3.60. The first-order valence-electron chi connectivity index (χ1n) is 6.08. The molecule has 2 aliphatic carbocycles. The second-order valence-corrected chi connectivity index (χ2v) is 5.17. The first-order chi connectivity index (χ1) is 9.00. The zero-order valence-electron chi connectivity index (χ0n) is 11.2. The van der Waals surface area contributed by atoms with Crippen molar-refractivity contribution < 1.29 is 23.8 Å². The van der Waals surface area contributed by atoms with Gasteiger partial charge in [0.25, 0.3) is 0 Å². The molecule has 2 bridgehead atoms. The second kappa shape index (κ2) is 4.90. The first-order valence-corrected chi connectivity index (χ1v) is 6.08. The van der Waals surface area contributed by atoms with E-state index in [-0.39, 0.29) is 18.0 Å². The summed E-state index contributed by atoms with van der Waals surface area (Å²) in [6.07, 6.45) is 4.19. The zero-order chi connectivity index (χ0) is 14.1. The highest BCUT2D eigenvalue weighted by molar-refractivity contribution is 6.13. The number of carbonyl (C=O) groups is 2. The predicted molar refractivity (Wildman–Crippen MR) is 67.2 cm³/mol.